The number of hydrogen-bond donors (Lipinski definition) is 1. The first-order chi connectivity index (χ1) is 13.9. The molecule has 0 unspecified atom stereocenters. The maximum Gasteiger partial charge on any atom is 0.416 e. The SMILES string of the molecule is O=c1oc(-c2cc(C(F)(F)F)cc(C(F)(F)F)c2)cc(O)c1SCc1ccccc1. The Bertz CT molecular complexity index is 1070. The van der Waals surface area contributed by atoms with Gasteiger partial charge in [-0.25, -0.2) is 4.79 Å². The molecular formula is C20H12F6O3S. The Kier molecular flexibility index (Phi) is 5.89. The monoisotopic (exact) mass is 446 g/mol. The van der Waals surface area contributed by atoms with Gasteiger partial charge in [0.1, 0.15) is 16.4 Å². The summed E-state index contributed by atoms with van der Waals surface area (Å²) in [6.45, 7) is 0. The molecule has 0 amide bonds. The number of benzene rings is 2. The summed E-state index contributed by atoms with van der Waals surface area (Å²) in [5.41, 5.74) is -3.99. The summed E-state index contributed by atoms with van der Waals surface area (Å²) in [6.07, 6.45) is -10.1. The second kappa shape index (κ2) is 8.10. The highest BCUT2D eigenvalue weighted by molar-refractivity contribution is 7.98. The molecular weight excluding hydrogens is 434 g/mol. The molecule has 0 bridgehead atoms. The first-order valence-electron chi connectivity index (χ1n) is 8.29. The molecule has 0 spiro atoms. The average Bonchev–Trinajstić information content (AvgIpc) is 2.66. The average molecular weight is 446 g/mol. The van der Waals surface area contributed by atoms with Crippen molar-refractivity contribution in [3.05, 3.63) is 81.7 Å². The normalized spacial score (nSPS) is 12.2. The van der Waals surface area contributed by atoms with E-state index in [1.165, 1.54) is 0 Å². The van der Waals surface area contributed by atoms with Crippen LogP contribution >= 0.6 is 11.8 Å². The van der Waals surface area contributed by atoms with Crippen LogP contribution in [-0.2, 0) is 18.1 Å². The number of rotatable bonds is 4. The lowest BCUT2D eigenvalue weighted by Crippen LogP contribution is -2.11. The summed E-state index contributed by atoms with van der Waals surface area (Å²) in [5.74, 6) is -0.924. The highest BCUT2D eigenvalue weighted by atomic mass is 32.2. The zero-order chi connectivity index (χ0) is 22.1. The van der Waals surface area contributed by atoms with E-state index < -0.39 is 46.2 Å². The fourth-order valence-electron chi connectivity index (χ4n) is 2.57. The van der Waals surface area contributed by atoms with Crippen molar-refractivity contribution in [3.63, 3.8) is 0 Å². The number of thioether (sulfide) groups is 1. The van der Waals surface area contributed by atoms with E-state index in [-0.39, 0.29) is 11.0 Å². The van der Waals surface area contributed by atoms with Gasteiger partial charge in [-0.05, 0) is 23.8 Å². The minimum atomic E-state index is -5.05. The minimum Gasteiger partial charge on any atom is -0.506 e. The molecule has 10 heteroatoms. The predicted octanol–water partition coefficient (Wildman–Crippen LogP) is 6.34. The number of hydrogen-bond acceptors (Lipinski definition) is 4. The molecule has 0 saturated heterocycles. The Morgan fingerprint density at radius 2 is 1.43 bits per heavy atom. The zero-order valence-corrected chi connectivity index (χ0v) is 15.7. The van der Waals surface area contributed by atoms with Crippen molar-refractivity contribution in [2.75, 3.05) is 0 Å². The molecule has 1 aromatic heterocycles. The van der Waals surface area contributed by atoms with Gasteiger partial charge in [-0.2, -0.15) is 26.3 Å². The van der Waals surface area contributed by atoms with Gasteiger partial charge in [0.25, 0.3) is 0 Å². The van der Waals surface area contributed by atoms with Gasteiger partial charge >= 0.3 is 18.0 Å². The molecule has 0 saturated carbocycles. The highest BCUT2D eigenvalue weighted by Crippen LogP contribution is 2.39. The standard InChI is InChI=1S/C20H12F6O3S/c21-19(22,23)13-6-12(7-14(8-13)20(24,25)26)16-9-15(27)17(18(28)29-16)30-10-11-4-2-1-3-5-11/h1-9,27H,10H2. The molecule has 0 fully saturated rings. The third-order valence-electron chi connectivity index (χ3n) is 3.99. The van der Waals surface area contributed by atoms with Crippen molar-refractivity contribution < 1.29 is 35.9 Å². The lowest BCUT2D eigenvalue weighted by atomic mass is 10.0. The number of aromatic hydroxyl groups is 1. The summed E-state index contributed by atoms with van der Waals surface area (Å²) in [4.78, 5) is 12.0. The van der Waals surface area contributed by atoms with Crippen LogP contribution < -0.4 is 5.63 Å². The summed E-state index contributed by atoms with van der Waals surface area (Å²) in [6, 6.07) is 10.5. The van der Waals surface area contributed by atoms with Crippen molar-refractivity contribution in [2.45, 2.75) is 23.0 Å². The quantitative estimate of drug-likeness (QED) is 0.375. The zero-order valence-electron chi connectivity index (χ0n) is 14.8. The fraction of sp³-hybridized carbons (Fsp3) is 0.150. The van der Waals surface area contributed by atoms with Gasteiger partial charge in [-0.15, -0.1) is 11.8 Å². The number of halogens is 6. The largest absolute Gasteiger partial charge is 0.506 e. The van der Waals surface area contributed by atoms with Crippen molar-refractivity contribution >= 4 is 11.8 Å². The van der Waals surface area contributed by atoms with E-state index in [0.717, 1.165) is 23.4 Å². The van der Waals surface area contributed by atoms with Gasteiger partial charge in [0.05, 0.1) is 11.1 Å². The molecule has 0 aliphatic carbocycles. The lowest BCUT2D eigenvalue weighted by molar-refractivity contribution is -0.143. The van der Waals surface area contributed by atoms with Gasteiger partial charge in [-0.1, -0.05) is 30.3 Å². The van der Waals surface area contributed by atoms with Gasteiger partial charge in [0.2, 0.25) is 0 Å². The molecule has 1 heterocycles. The van der Waals surface area contributed by atoms with Crippen LogP contribution in [0.5, 0.6) is 5.75 Å². The van der Waals surface area contributed by atoms with Crippen LogP contribution in [0, 0.1) is 0 Å². The van der Waals surface area contributed by atoms with Crippen LogP contribution in [0.4, 0.5) is 26.3 Å². The summed E-state index contributed by atoms with van der Waals surface area (Å²) < 4.78 is 83.1. The van der Waals surface area contributed by atoms with E-state index in [1.54, 1.807) is 30.3 Å². The van der Waals surface area contributed by atoms with Crippen molar-refractivity contribution in [2.24, 2.45) is 0 Å². The molecule has 1 N–H and O–H groups in total. The van der Waals surface area contributed by atoms with E-state index in [2.05, 4.69) is 0 Å². The van der Waals surface area contributed by atoms with E-state index >= 15 is 0 Å². The van der Waals surface area contributed by atoms with E-state index in [4.69, 9.17) is 4.42 Å². The lowest BCUT2D eigenvalue weighted by Gasteiger charge is -2.14. The Labute approximate surface area is 170 Å². The highest BCUT2D eigenvalue weighted by Gasteiger charge is 2.37. The first kappa shape index (κ1) is 21.8. The van der Waals surface area contributed by atoms with Crippen LogP contribution in [0.15, 0.2) is 68.7 Å². The first-order valence-corrected chi connectivity index (χ1v) is 9.27. The molecule has 0 atom stereocenters. The molecule has 158 valence electrons. The molecule has 2 aromatic carbocycles. The summed E-state index contributed by atoms with van der Waals surface area (Å²) in [7, 11) is 0. The maximum atomic E-state index is 13.0. The summed E-state index contributed by atoms with van der Waals surface area (Å²) in [5, 5.41) is 10.1. The third-order valence-corrected chi connectivity index (χ3v) is 5.13. The molecule has 3 aromatic rings. The van der Waals surface area contributed by atoms with Gasteiger partial charge < -0.3 is 9.52 Å². The predicted molar refractivity (Wildman–Crippen MR) is 98.1 cm³/mol. The van der Waals surface area contributed by atoms with E-state index in [1.807, 2.05) is 0 Å². The van der Waals surface area contributed by atoms with Crippen LogP contribution in [0.1, 0.15) is 16.7 Å². The molecule has 0 aliphatic heterocycles. The minimum absolute atomic E-state index is 0.0362. The fourth-order valence-corrected chi connectivity index (χ4v) is 3.44. The smallest absolute Gasteiger partial charge is 0.416 e. The summed E-state index contributed by atoms with van der Waals surface area (Å²) >= 11 is 0.929. The van der Waals surface area contributed by atoms with Crippen LogP contribution in [-0.4, -0.2) is 5.11 Å². The van der Waals surface area contributed by atoms with Gasteiger partial charge in [0, 0.05) is 17.4 Å². The molecule has 0 aliphatic rings. The Morgan fingerprint density at radius 1 is 0.867 bits per heavy atom. The third kappa shape index (κ3) is 4.99. The van der Waals surface area contributed by atoms with Crippen LogP contribution in [0.25, 0.3) is 11.3 Å². The van der Waals surface area contributed by atoms with E-state index in [9.17, 15) is 36.2 Å². The van der Waals surface area contributed by atoms with Crippen LogP contribution in [0.3, 0.4) is 0 Å². The second-order valence-corrected chi connectivity index (χ2v) is 7.17. The Hall–Kier alpha value is -2.88. The molecule has 3 rings (SSSR count). The maximum absolute atomic E-state index is 13.0. The van der Waals surface area contributed by atoms with Crippen molar-refractivity contribution in [1.82, 2.24) is 0 Å². The Balaban J connectivity index is 2.01. The Morgan fingerprint density at radius 3 is 1.93 bits per heavy atom. The van der Waals surface area contributed by atoms with Gasteiger partial charge in [0.15, 0.2) is 0 Å². The molecule has 3 nitrogen and oxygen atoms in total. The van der Waals surface area contributed by atoms with Crippen molar-refractivity contribution in [3.8, 4) is 17.1 Å². The van der Waals surface area contributed by atoms with E-state index in [0.29, 0.717) is 17.9 Å². The topological polar surface area (TPSA) is 50.4 Å². The molecule has 30 heavy (non-hydrogen) atoms. The molecule has 0 radical (unpaired) electrons. The van der Waals surface area contributed by atoms with Gasteiger partial charge in [-0.3, -0.25) is 0 Å². The second-order valence-electron chi connectivity index (χ2n) is 6.18. The number of alkyl halides is 6. The van der Waals surface area contributed by atoms with Crippen LogP contribution in [0.2, 0.25) is 0 Å². The van der Waals surface area contributed by atoms with Crippen molar-refractivity contribution in [1.29, 1.82) is 0 Å².